The smallest absolute Gasteiger partial charge is 0.306 e. The largest absolute Gasteiger partial charge is 0.457 e. The van der Waals surface area contributed by atoms with Gasteiger partial charge in [-0.2, -0.15) is 0 Å². The summed E-state index contributed by atoms with van der Waals surface area (Å²) in [5, 5.41) is 9.25. The Morgan fingerprint density at radius 1 is 0.852 bits per heavy atom. The van der Waals surface area contributed by atoms with E-state index in [2.05, 4.69) is 19.1 Å². The van der Waals surface area contributed by atoms with E-state index in [-0.39, 0.29) is 12.6 Å². The zero-order valence-corrected chi connectivity index (χ0v) is 17.9. The summed E-state index contributed by atoms with van der Waals surface area (Å²) in [4.78, 5) is 11.5. The highest BCUT2D eigenvalue weighted by atomic mass is 16.6. The number of ether oxygens (including phenoxy) is 2. The van der Waals surface area contributed by atoms with Crippen LogP contribution < -0.4 is 0 Å². The number of hydrogen-bond acceptors (Lipinski definition) is 4. The van der Waals surface area contributed by atoms with Crippen LogP contribution in [0, 0.1) is 0 Å². The predicted molar refractivity (Wildman–Crippen MR) is 113 cm³/mol. The standard InChI is InChI=1S/C23H44O4/c1-3-5-7-8-9-10-11-12-13-14-15-16-17-19-26-21-22(20-24)27-23(25)18-6-4-2/h9-10,22,24H,3-8,11-21H2,1-2H3/b10-9-. The molecule has 0 rings (SSSR count). The molecule has 0 radical (unpaired) electrons. The van der Waals surface area contributed by atoms with E-state index in [4.69, 9.17) is 9.47 Å². The van der Waals surface area contributed by atoms with Gasteiger partial charge in [0.25, 0.3) is 0 Å². The second-order valence-electron chi connectivity index (χ2n) is 7.35. The van der Waals surface area contributed by atoms with Gasteiger partial charge < -0.3 is 14.6 Å². The molecule has 0 saturated carbocycles. The van der Waals surface area contributed by atoms with E-state index in [9.17, 15) is 9.90 Å². The van der Waals surface area contributed by atoms with Gasteiger partial charge in [0, 0.05) is 13.0 Å². The topological polar surface area (TPSA) is 55.8 Å². The zero-order chi connectivity index (χ0) is 20.0. The van der Waals surface area contributed by atoms with E-state index in [1.807, 2.05) is 6.92 Å². The Kier molecular flexibility index (Phi) is 20.7. The molecule has 0 bridgehead atoms. The quantitative estimate of drug-likeness (QED) is 0.160. The number of rotatable bonds is 20. The molecular weight excluding hydrogens is 340 g/mol. The summed E-state index contributed by atoms with van der Waals surface area (Å²) in [5.74, 6) is -0.240. The summed E-state index contributed by atoms with van der Waals surface area (Å²) in [7, 11) is 0. The second kappa shape index (κ2) is 21.4. The van der Waals surface area contributed by atoms with E-state index in [0.29, 0.717) is 19.6 Å². The van der Waals surface area contributed by atoms with E-state index in [0.717, 1.165) is 19.3 Å². The molecule has 0 aromatic carbocycles. The summed E-state index contributed by atoms with van der Waals surface area (Å²) in [5.41, 5.74) is 0. The lowest BCUT2D eigenvalue weighted by Crippen LogP contribution is -2.27. The molecule has 0 aliphatic carbocycles. The molecule has 0 amide bonds. The van der Waals surface area contributed by atoms with Crippen molar-refractivity contribution in [3.8, 4) is 0 Å². The number of hydrogen-bond donors (Lipinski definition) is 1. The van der Waals surface area contributed by atoms with Crippen LogP contribution in [-0.4, -0.2) is 37.0 Å². The predicted octanol–water partition coefficient (Wildman–Crippen LogP) is 5.96. The first-order chi connectivity index (χ1) is 13.2. The molecule has 27 heavy (non-hydrogen) atoms. The second-order valence-corrected chi connectivity index (χ2v) is 7.35. The molecule has 1 N–H and O–H groups in total. The lowest BCUT2D eigenvalue weighted by atomic mass is 10.1. The highest BCUT2D eigenvalue weighted by Gasteiger charge is 2.13. The van der Waals surface area contributed by atoms with Crippen LogP contribution in [0.25, 0.3) is 0 Å². The van der Waals surface area contributed by atoms with Crippen molar-refractivity contribution in [3.63, 3.8) is 0 Å². The van der Waals surface area contributed by atoms with Gasteiger partial charge in [-0.15, -0.1) is 0 Å². The average Bonchev–Trinajstić information content (AvgIpc) is 2.68. The molecular formula is C23H44O4. The lowest BCUT2D eigenvalue weighted by Gasteiger charge is -2.15. The van der Waals surface area contributed by atoms with Gasteiger partial charge in [-0.3, -0.25) is 4.79 Å². The average molecular weight is 385 g/mol. The van der Waals surface area contributed by atoms with Crippen molar-refractivity contribution in [3.05, 3.63) is 12.2 Å². The Bertz CT molecular complexity index is 341. The minimum absolute atomic E-state index is 0.176. The summed E-state index contributed by atoms with van der Waals surface area (Å²) >= 11 is 0. The maximum atomic E-state index is 11.5. The zero-order valence-electron chi connectivity index (χ0n) is 17.9. The Morgan fingerprint density at radius 2 is 1.44 bits per heavy atom. The van der Waals surface area contributed by atoms with Gasteiger partial charge in [-0.05, 0) is 38.5 Å². The van der Waals surface area contributed by atoms with Gasteiger partial charge in [-0.25, -0.2) is 0 Å². The summed E-state index contributed by atoms with van der Waals surface area (Å²) in [6.45, 7) is 5.06. The highest BCUT2D eigenvalue weighted by Crippen LogP contribution is 2.09. The van der Waals surface area contributed by atoms with E-state index >= 15 is 0 Å². The molecule has 0 saturated heterocycles. The monoisotopic (exact) mass is 384 g/mol. The van der Waals surface area contributed by atoms with Gasteiger partial charge in [-0.1, -0.05) is 70.9 Å². The number of esters is 1. The molecule has 0 spiro atoms. The van der Waals surface area contributed by atoms with Gasteiger partial charge in [0.1, 0.15) is 6.10 Å². The number of allylic oxidation sites excluding steroid dienone is 2. The van der Waals surface area contributed by atoms with E-state index in [1.54, 1.807) is 0 Å². The first-order valence-corrected chi connectivity index (χ1v) is 11.3. The van der Waals surface area contributed by atoms with Crippen molar-refractivity contribution >= 4 is 5.97 Å². The van der Waals surface area contributed by atoms with Gasteiger partial charge >= 0.3 is 5.97 Å². The fourth-order valence-corrected chi connectivity index (χ4v) is 2.83. The van der Waals surface area contributed by atoms with Crippen molar-refractivity contribution in [1.29, 1.82) is 0 Å². The minimum atomic E-state index is -0.524. The third-order valence-electron chi connectivity index (χ3n) is 4.59. The molecule has 0 heterocycles. The minimum Gasteiger partial charge on any atom is -0.457 e. The number of aliphatic hydroxyl groups excluding tert-OH is 1. The normalized spacial score (nSPS) is 12.6. The fourth-order valence-electron chi connectivity index (χ4n) is 2.83. The van der Waals surface area contributed by atoms with E-state index in [1.165, 1.54) is 64.2 Å². The molecule has 0 aliphatic heterocycles. The molecule has 1 unspecified atom stereocenters. The van der Waals surface area contributed by atoms with Crippen LogP contribution in [0.15, 0.2) is 12.2 Å². The first kappa shape index (κ1) is 26.1. The number of carbonyl (C=O) groups is 1. The SMILES string of the molecule is CCCCC/C=C\CCCCCCCCOCC(CO)OC(=O)CCCC. The van der Waals surface area contributed by atoms with Crippen LogP contribution in [0.2, 0.25) is 0 Å². The van der Waals surface area contributed by atoms with Crippen LogP contribution in [0.5, 0.6) is 0 Å². The van der Waals surface area contributed by atoms with E-state index < -0.39 is 6.10 Å². The Morgan fingerprint density at radius 3 is 2.07 bits per heavy atom. The van der Waals surface area contributed by atoms with Gasteiger partial charge in [0.05, 0.1) is 13.2 Å². The van der Waals surface area contributed by atoms with Crippen molar-refractivity contribution < 1.29 is 19.4 Å². The van der Waals surface area contributed by atoms with Crippen LogP contribution in [0.4, 0.5) is 0 Å². The third-order valence-corrected chi connectivity index (χ3v) is 4.59. The molecule has 0 aliphatic rings. The Hall–Kier alpha value is -0.870. The van der Waals surface area contributed by atoms with Gasteiger partial charge in [0.2, 0.25) is 0 Å². The first-order valence-electron chi connectivity index (χ1n) is 11.3. The third kappa shape index (κ3) is 19.7. The van der Waals surface area contributed by atoms with Crippen molar-refractivity contribution in [2.45, 2.75) is 110 Å². The molecule has 0 fully saturated rings. The summed E-state index contributed by atoms with van der Waals surface area (Å²) in [6.07, 6.45) is 20.1. The van der Waals surface area contributed by atoms with Crippen LogP contribution >= 0.6 is 0 Å². The number of unbranched alkanes of at least 4 members (excludes halogenated alkanes) is 10. The molecule has 0 aromatic rings. The maximum Gasteiger partial charge on any atom is 0.306 e. The molecule has 160 valence electrons. The van der Waals surface area contributed by atoms with Crippen LogP contribution in [0.3, 0.4) is 0 Å². The van der Waals surface area contributed by atoms with Crippen molar-refractivity contribution in [2.75, 3.05) is 19.8 Å². The van der Waals surface area contributed by atoms with Crippen LogP contribution in [0.1, 0.15) is 104 Å². The van der Waals surface area contributed by atoms with Crippen LogP contribution in [-0.2, 0) is 14.3 Å². The van der Waals surface area contributed by atoms with Gasteiger partial charge in [0.15, 0.2) is 0 Å². The fraction of sp³-hybridized carbons (Fsp3) is 0.870. The lowest BCUT2D eigenvalue weighted by molar-refractivity contribution is -0.154. The molecule has 0 aromatic heterocycles. The highest BCUT2D eigenvalue weighted by molar-refractivity contribution is 5.69. The Labute approximate surface area is 167 Å². The molecule has 1 atom stereocenters. The molecule has 4 heteroatoms. The van der Waals surface area contributed by atoms with Crippen molar-refractivity contribution in [2.24, 2.45) is 0 Å². The maximum absolute atomic E-state index is 11.5. The number of carbonyl (C=O) groups excluding carboxylic acids is 1. The number of aliphatic hydroxyl groups is 1. The summed E-state index contributed by atoms with van der Waals surface area (Å²) in [6, 6.07) is 0. The van der Waals surface area contributed by atoms with Crippen molar-refractivity contribution in [1.82, 2.24) is 0 Å². The Balaban J connectivity index is 3.37. The molecule has 4 nitrogen and oxygen atoms in total. The summed E-state index contributed by atoms with van der Waals surface area (Å²) < 4.78 is 10.7.